The summed E-state index contributed by atoms with van der Waals surface area (Å²) in [4.78, 5) is 12.2. The van der Waals surface area contributed by atoms with E-state index in [1.807, 2.05) is 63.2 Å². The number of hydrogen-bond acceptors (Lipinski definition) is 2. The largest absolute Gasteiger partial charge is 0.489 e. The number of benzene rings is 2. The van der Waals surface area contributed by atoms with E-state index in [2.05, 4.69) is 26.6 Å². The molecule has 0 bridgehead atoms. The summed E-state index contributed by atoms with van der Waals surface area (Å²) in [7, 11) is 0. The number of aryl methyl sites for hydroxylation is 1. The maximum absolute atomic E-state index is 12.2. The third-order valence-electron chi connectivity index (χ3n) is 2.87. The molecule has 0 spiro atoms. The van der Waals surface area contributed by atoms with Crippen LogP contribution in [0.1, 0.15) is 19.4 Å². The van der Waals surface area contributed by atoms with Crippen molar-refractivity contribution in [3.8, 4) is 5.75 Å². The van der Waals surface area contributed by atoms with Gasteiger partial charge < -0.3 is 15.4 Å². The van der Waals surface area contributed by atoms with Gasteiger partial charge in [-0.15, -0.1) is 0 Å². The monoisotopic (exact) mass is 362 g/mol. The van der Waals surface area contributed by atoms with Crippen LogP contribution in [0.2, 0.25) is 0 Å². The lowest BCUT2D eigenvalue weighted by Crippen LogP contribution is -2.20. The minimum absolute atomic E-state index is 0.0391. The lowest BCUT2D eigenvalue weighted by atomic mass is 10.2. The zero-order valence-electron chi connectivity index (χ0n) is 12.8. The van der Waals surface area contributed by atoms with E-state index >= 15 is 0 Å². The molecular formula is C17H19BrN2O2. The number of carbonyl (C=O) groups excluding carboxylic acids is 1. The molecule has 2 rings (SSSR count). The molecule has 2 aromatic carbocycles. The topological polar surface area (TPSA) is 50.4 Å². The Labute approximate surface area is 139 Å². The van der Waals surface area contributed by atoms with Crippen LogP contribution in [0.25, 0.3) is 0 Å². The third-order valence-corrected chi connectivity index (χ3v) is 3.53. The number of nitrogens with one attached hydrogen (secondary N) is 2. The minimum Gasteiger partial charge on any atom is -0.489 e. The molecule has 0 aliphatic heterocycles. The molecule has 5 heteroatoms. The van der Waals surface area contributed by atoms with Crippen molar-refractivity contribution in [2.24, 2.45) is 0 Å². The summed E-state index contributed by atoms with van der Waals surface area (Å²) in [6, 6.07) is 12.8. The third kappa shape index (κ3) is 4.49. The van der Waals surface area contributed by atoms with Crippen LogP contribution in [0.3, 0.4) is 0 Å². The maximum Gasteiger partial charge on any atom is 0.323 e. The smallest absolute Gasteiger partial charge is 0.323 e. The van der Waals surface area contributed by atoms with E-state index < -0.39 is 0 Å². The summed E-state index contributed by atoms with van der Waals surface area (Å²) in [5.41, 5.74) is 2.47. The van der Waals surface area contributed by atoms with Gasteiger partial charge in [0.2, 0.25) is 0 Å². The van der Waals surface area contributed by atoms with E-state index in [-0.39, 0.29) is 12.1 Å². The average Bonchev–Trinajstić information content (AvgIpc) is 2.43. The number of para-hydroxylation sites is 2. The van der Waals surface area contributed by atoms with Gasteiger partial charge in [0, 0.05) is 4.47 Å². The van der Waals surface area contributed by atoms with E-state index in [0.717, 1.165) is 10.0 Å². The van der Waals surface area contributed by atoms with Gasteiger partial charge in [-0.3, -0.25) is 0 Å². The number of urea groups is 1. The van der Waals surface area contributed by atoms with Gasteiger partial charge in [-0.2, -0.15) is 0 Å². The number of ether oxygens (including phenoxy) is 1. The summed E-state index contributed by atoms with van der Waals surface area (Å²) < 4.78 is 6.53. The van der Waals surface area contributed by atoms with Gasteiger partial charge in [0.05, 0.1) is 17.5 Å². The highest BCUT2D eigenvalue weighted by molar-refractivity contribution is 9.10. The van der Waals surface area contributed by atoms with Crippen LogP contribution in [0.5, 0.6) is 5.75 Å². The lowest BCUT2D eigenvalue weighted by Gasteiger charge is -2.15. The molecule has 0 radical (unpaired) electrons. The van der Waals surface area contributed by atoms with Crippen molar-refractivity contribution in [2.45, 2.75) is 26.9 Å². The normalized spacial score (nSPS) is 10.4. The van der Waals surface area contributed by atoms with Crippen LogP contribution in [-0.4, -0.2) is 12.1 Å². The first kappa shape index (κ1) is 16.4. The Morgan fingerprint density at radius 2 is 1.77 bits per heavy atom. The summed E-state index contributed by atoms with van der Waals surface area (Å²) >= 11 is 3.44. The van der Waals surface area contributed by atoms with E-state index in [0.29, 0.717) is 17.1 Å². The number of rotatable bonds is 4. The van der Waals surface area contributed by atoms with Crippen LogP contribution in [-0.2, 0) is 0 Å². The number of carbonyl (C=O) groups is 1. The van der Waals surface area contributed by atoms with Crippen LogP contribution >= 0.6 is 15.9 Å². The van der Waals surface area contributed by atoms with Gasteiger partial charge in [0.15, 0.2) is 0 Å². The van der Waals surface area contributed by atoms with Crippen molar-refractivity contribution in [3.63, 3.8) is 0 Å². The molecule has 0 saturated carbocycles. The van der Waals surface area contributed by atoms with Crippen LogP contribution in [0.4, 0.5) is 16.2 Å². The number of amides is 2. The molecule has 0 aliphatic rings. The van der Waals surface area contributed by atoms with Crippen molar-refractivity contribution >= 4 is 33.3 Å². The SMILES string of the molecule is Cc1ccc(NC(=O)Nc2ccccc2OC(C)C)c(Br)c1. The Morgan fingerprint density at radius 3 is 2.45 bits per heavy atom. The molecule has 2 amide bonds. The lowest BCUT2D eigenvalue weighted by molar-refractivity contribution is 0.243. The maximum atomic E-state index is 12.2. The average molecular weight is 363 g/mol. The molecule has 0 saturated heterocycles. The van der Waals surface area contributed by atoms with Crippen molar-refractivity contribution in [3.05, 3.63) is 52.5 Å². The predicted molar refractivity (Wildman–Crippen MR) is 93.7 cm³/mol. The van der Waals surface area contributed by atoms with Crippen LogP contribution in [0, 0.1) is 6.92 Å². The molecule has 0 aliphatic carbocycles. The fraction of sp³-hybridized carbons (Fsp3) is 0.235. The Balaban J connectivity index is 2.09. The standard InChI is InChI=1S/C17H19BrN2O2/c1-11(2)22-16-7-5-4-6-15(16)20-17(21)19-14-9-8-12(3)10-13(14)18/h4-11H,1-3H3,(H2,19,20,21). The second kappa shape index (κ2) is 7.31. The van der Waals surface area contributed by atoms with Gasteiger partial charge in [0.1, 0.15) is 5.75 Å². The van der Waals surface area contributed by atoms with Crippen molar-refractivity contribution in [1.82, 2.24) is 0 Å². The first-order valence-corrected chi connectivity index (χ1v) is 7.85. The van der Waals surface area contributed by atoms with Gasteiger partial charge in [0.25, 0.3) is 0 Å². The van der Waals surface area contributed by atoms with E-state index in [1.165, 1.54) is 0 Å². The second-order valence-corrected chi connectivity index (χ2v) is 6.08. The summed E-state index contributed by atoms with van der Waals surface area (Å²) in [6.07, 6.45) is 0.0391. The molecule has 116 valence electrons. The molecular weight excluding hydrogens is 344 g/mol. The Kier molecular flexibility index (Phi) is 5.44. The molecule has 0 atom stereocenters. The Hall–Kier alpha value is -2.01. The molecule has 22 heavy (non-hydrogen) atoms. The number of halogens is 1. The molecule has 2 N–H and O–H groups in total. The minimum atomic E-state index is -0.315. The molecule has 4 nitrogen and oxygen atoms in total. The quantitative estimate of drug-likeness (QED) is 0.786. The molecule has 2 aromatic rings. The highest BCUT2D eigenvalue weighted by Crippen LogP contribution is 2.26. The Morgan fingerprint density at radius 1 is 1.09 bits per heavy atom. The molecule has 0 aromatic heterocycles. The predicted octanol–water partition coefficient (Wildman–Crippen LogP) is 5.19. The highest BCUT2D eigenvalue weighted by Gasteiger charge is 2.10. The highest BCUT2D eigenvalue weighted by atomic mass is 79.9. The zero-order chi connectivity index (χ0) is 16.1. The van der Waals surface area contributed by atoms with Crippen LogP contribution in [0.15, 0.2) is 46.9 Å². The summed E-state index contributed by atoms with van der Waals surface area (Å²) in [5.74, 6) is 0.649. The first-order valence-electron chi connectivity index (χ1n) is 7.05. The van der Waals surface area contributed by atoms with Crippen molar-refractivity contribution in [2.75, 3.05) is 10.6 Å². The molecule has 0 heterocycles. The summed E-state index contributed by atoms with van der Waals surface area (Å²) in [5, 5.41) is 5.62. The van der Waals surface area contributed by atoms with E-state index in [4.69, 9.17) is 4.74 Å². The fourth-order valence-electron chi connectivity index (χ4n) is 1.92. The van der Waals surface area contributed by atoms with Crippen molar-refractivity contribution in [1.29, 1.82) is 0 Å². The Bertz CT molecular complexity index is 671. The van der Waals surface area contributed by atoms with E-state index in [1.54, 1.807) is 0 Å². The van der Waals surface area contributed by atoms with Gasteiger partial charge >= 0.3 is 6.03 Å². The number of anilines is 2. The zero-order valence-corrected chi connectivity index (χ0v) is 14.4. The van der Waals surface area contributed by atoms with E-state index in [9.17, 15) is 4.79 Å². The molecule has 0 fully saturated rings. The molecule has 0 unspecified atom stereocenters. The van der Waals surface area contributed by atoms with Crippen molar-refractivity contribution < 1.29 is 9.53 Å². The van der Waals surface area contributed by atoms with Gasteiger partial charge in [-0.25, -0.2) is 4.79 Å². The van der Waals surface area contributed by atoms with Crippen LogP contribution < -0.4 is 15.4 Å². The number of hydrogen-bond donors (Lipinski definition) is 2. The first-order chi connectivity index (χ1) is 10.5. The fourth-order valence-corrected chi connectivity index (χ4v) is 2.52. The van der Waals surface area contributed by atoms with Gasteiger partial charge in [-0.05, 0) is 66.5 Å². The van der Waals surface area contributed by atoms with Gasteiger partial charge in [-0.1, -0.05) is 18.2 Å². The second-order valence-electron chi connectivity index (χ2n) is 5.23. The summed E-state index contributed by atoms with van der Waals surface area (Å²) in [6.45, 7) is 5.88.